The Labute approximate surface area is 90.8 Å². The van der Waals surface area contributed by atoms with Gasteiger partial charge in [0.05, 0.1) is 12.3 Å². The second-order valence-electron chi connectivity index (χ2n) is 3.70. The number of nitrogens with zero attached hydrogens (tertiary/aromatic N) is 1. The normalized spacial score (nSPS) is 10.9. The van der Waals surface area contributed by atoms with Crippen LogP contribution in [0, 0.1) is 13.8 Å². The highest BCUT2D eigenvalue weighted by molar-refractivity contribution is 5.19. The molecule has 2 N–H and O–H groups in total. The van der Waals surface area contributed by atoms with Crippen molar-refractivity contribution >= 4 is 0 Å². The molecule has 1 aromatic rings. The summed E-state index contributed by atoms with van der Waals surface area (Å²) >= 11 is 0. The molecule has 1 aromatic heterocycles. The topological polar surface area (TPSA) is 61.3 Å². The summed E-state index contributed by atoms with van der Waals surface area (Å²) in [4.78, 5) is 0. The summed E-state index contributed by atoms with van der Waals surface area (Å²) in [6.07, 6.45) is 3.29. The first-order valence-electron chi connectivity index (χ1n) is 5.45. The van der Waals surface area contributed by atoms with Gasteiger partial charge in [-0.1, -0.05) is 5.16 Å². The van der Waals surface area contributed by atoms with Gasteiger partial charge >= 0.3 is 0 Å². The number of aromatic nitrogens is 1. The maximum absolute atomic E-state index is 5.55. The number of hydrogen-bond acceptors (Lipinski definition) is 4. The molecule has 0 aromatic carbocycles. The minimum absolute atomic E-state index is 0.601. The second-order valence-corrected chi connectivity index (χ2v) is 3.70. The molecule has 0 aliphatic heterocycles. The Morgan fingerprint density at radius 3 is 2.67 bits per heavy atom. The fourth-order valence-corrected chi connectivity index (χ4v) is 1.41. The van der Waals surface area contributed by atoms with Crippen molar-refractivity contribution in [2.75, 3.05) is 13.2 Å². The molecule has 1 heterocycles. The third-order valence-corrected chi connectivity index (χ3v) is 2.42. The van der Waals surface area contributed by atoms with E-state index in [0.717, 1.165) is 49.4 Å². The Morgan fingerprint density at radius 2 is 2.07 bits per heavy atom. The number of rotatable bonds is 7. The van der Waals surface area contributed by atoms with E-state index in [0.29, 0.717) is 6.61 Å². The summed E-state index contributed by atoms with van der Waals surface area (Å²) in [6, 6.07) is 0. The lowest BCUT2D eigenvalue weighted by Crippen LogP contribution is -2.01. The van der Waals surface area contributed by atoms with Gasteiger partial charge in [-0.05, 0) is 39.7 Å². The van der Waals surface area contributed by atoms with Crippen molar-refractivity contribution in [3.8, 4) is 0 Å². The molecule has 15 heavy (non-hydrogen) atoms. The summed E-state index contributed by atoms with van der Waals surface area (Å²) in [6.45, 7) is 5.99. The van der Waals surface area contributed by atoms with E-state index in [4.69, 9.17) is 15.0 Å². The molecule has 0 amide bonds. The standard InChI is InChI=1S/C11H20N2O2/c1-9-11(10(2)15-13-9)8-14-7-5-3-4-6-12/h3-8,12H2,1-2H3. The maximum atomic E-state index is 5.55. The van der Waals surface area contributed by atoms with Crippen LogP contribution in [0.3, 0.4) is 0 Å². The molecule has 4 nitrogen and oxygen atoms in total. The van der Waals surface area contributed by atoms with E-state index >= 15 is 0 Å². The van der Waals surface area contributed by atoms with Crippen LogP contribution < -0.4 is 5.73 Å². The lowest BCUT2D eigenvalue weighted by molar-refractivity contribution is 0.115. The number of unbranched alkanes of at least 4 members (excludes halogenated alkanes) is 2. The molecule has 0 spiro atoms. The van der Waals surface area contributed by atoms with Crippen molar-refractivity contribution in [1.29, 1.82) is 0 Å². The van der Waals surface area contributed by atoms with Crippen LogP contribution in [0.4, 0.5) is 0 Å². The minimum Gasteiger partial charge on any atom is -0.377 e. The van der Waals surface area contributed by atoms with Crippen LogP contribution in [0.15, 0.2) is 4.52 Å². The molecule has 0 aliphatic carbocycles. The highest BCUT2D eigenvalue weighted by Crippen LogP contribution is 2.13. The van der Waals surface area contributed by atoms with Crippen LogP contribution >= 0.6 is 0 Å². The van der Waals surface area contributed by atoms with Gasteiger partial charge in [-0.3, -0.25) is 0 Å². The zero-order valence-corrected chi connectivity index (χ0v) is 9.58. The van der Waals surface area contributed by atoms with Crippen LogP contribution in [0.1, 0.15) is 36.3 Å². The predicted octanol–water partition coefficient (Wildman–Crippen LogP) is 1.94. The molecule has 86 valence electrons. The molecule has 0 bridgehead atoms. The number of nitrogens with two attached hydrogens (primary N) is 1. The maximum Gasteiger partial charge on any atom is 0.139 e. The SMILES string of the molecule is Cc1noc(C)c1COCCCCCN. The highest BCUT2D eigenvalue weighted by Gasteiger charge is 2.07. The third kappa shape index (κ3) is 4.01. The molecule has 4 heteroatoms. The van der Waals surface area contributed by atoms with E-state index < -0.39 is 0 Å². The first-order chi connectivity index (χ1) is 7.25. The molecule has 0 fully saturated rings. The largest absolute Gasteiger partial charge is 0.377 e. The van der Waals surface area contributed by atoms with Gasteiger partial charge in [0, 0.05) is 12.2 Å². The van der Waals surface area contributed by atoms with Gasteiger partial charge in [0.2, 0.25) is 0 Å². The van der Waals surface area contributed by atoms with Crippen molar-refractivity contribution < 1.29 is 9.26 Å². The van der Waals surface area contributed by atoms with E-state index in [9.17, 15) is 0 Å². The fourth-order valence-electron chi connectivity index (χ4n) is 1.41. The smallest absolute Gasteiger partial charge is 0.139 e. The van der Waals surface area contributed by atoms with Crippen molar-refractivity contribution in [3.05, 3.63) is 17.0 Å². The Kier molecular flexibility index (Phi) is 5.36. The second kappa shape index (κ2) is 6.58. The van der Waals surface area contributed by atoms with Crippen LogP contribution in [0.2, 0.25) is 0 Å². The average Bonchev–Trinajstić information content (AvgIpc) is 2.54. The highest BCUT2D eigenvalue weighted by atomic mass is 16.5. The van der Waals surface area contributed by atoms with Gasteiger partial charge in [-0.15, -0.1) is 0 Å². The molecular weight excluding hydrogens is 192 g/mol. The Bertz CT molecular complexity index is 265. The van der Waals surface area contributed by atoms with E-state index in [-0.39, 0.29) is 0 Å². The van der Waals surface area contributed by atoms with Gasteiger partial charge < -0.3 is 15.0 Å². The molecule has 0 saturated heterocycles. The van der Waals surface area contributed by atoms with Crippen LogP contribution in [-0.4, -0.2) is 18.3 Å². The van der Waals surface area contributed by atoms with Gasteiger partial charge in [0.25, 0.3) is 0 Å². The van der Waals surface area contributed by atoms with E-state index in [1.807, 2.05) is 13.8 Å². The Hall–Kier alpha value is -0.870. The summed E-state index contributed by atoms with van der Waals surface area (Å²) in [5.41, 5.74) is 7.40. The monoisotopic (exact) mass is 212 g/mol. The number of aryl methyl sites for hydroxylation is 2. The molecule has 0 radical (unpaired) electrons. The molecule has 1 rings (SSSR count). The lowest BCUT2D eigenvalue weighted by Gasteiger charge is -2.03. The zero-order chi connectivity index (χ0) is 11.1. The molecule has 0 saturated carbocycles. The minimum atomic E-state index is 0.601. The lowest BCUT2D eigenvalue weighted by atomic mass is 10.2. The molecule has 0 atom stereocenters. The Balaban J connectivity index is 2.15. The predicted molar refractivity (Wildman–Crippen MR) is 58.5 cm³/mol. The van der Waals surface area contributed by atoms with E-state index in [1.165, 1.54) is 0 Å². The summed E-state index contributed by atoms with van der Waals surface area (Å²) < 4.78 is 10.6. The summed E-state index contributed by atoms with van der Waals surface area (Å²) in [7, 11) is 0. The van der Waals surface area contributed by atoms with Crippen molar-refractivity contribution in [2.45, 2.75) is 39.7 Å². The first kappa shape index (κ1) is 12.2. The van der Waals surface area contributed by atoms with Crippen molar-refractivity contribution in [3.63, 3.8) is 0 Å². The van der Waals surface area contributed by atoms with Gasteiger partial charge in [0.15, 0.2) is 0 Å². The van der Waals surface area contributed by atoms with Crippen LogP contribution in [0.5, 0.6) is 0 Å². The van der Waals surface area contributed by atoms with E-state index in [1.54, 1.807) is 0 Å². The van der Waals surface area contributed by atoms with Crippen LogP contribution in [0.25, 0.3) is 0 Å². The zero-order valence-electron chi connectivity index (χ0n) is 9.58. The van der Waals surface area contributed by atoms with Gasteiger partial charge in [0.1, 0.15) is 5.76 Å². The summed E-state index contributed by atoms with van der Waals surface area (Å²) in [5, 5.41) is 3.87. The third-order valence-electron chi connectivity index (χ3n) is 2.42. The number of hydrogen-bond donors (Lipinski definition) is 1. The molecule has 0 unspecified atom stereocenters. The van der Waals surface area contributed by atoms with Gasteiger partial charge in [-0.25, -0.2) is 0 Å². The van der Waals surface area contributed by atoms with Gasteiger partial charge in [-0.2, -0.15) is 0 Å². The van der Waals surface area contributed by atoms with E-state index in [2.05, 4.69) is 5.16 Å². The van der Waals surface area contributed by atoms with Crippen molar-refractivity contribution in [2.24, 2.45) is 5.73 Å². The van der Waals surface area contributed by atoms with Crippen molar-refractivity contribution in [1.82, 2.24) is 5.16 Å². The molecule has 0 aliphatic rings. The number of ether oxygens (including phenoxy) is 1. The quantitative estimate of drug-likeness (QED) is 0.702. The van der Waals surface area contributed by atoms with Crippen LogP contribution in [-0.2, 0) is 11.3 Å². The average molecular weight is 212 g/mol. The Morgan fingerprint density at radius 1 is 1.27 bits per heavy atom. The summed E-state index contributed by atoms with van der Waals surface area (Å²) in [5.74, 6) is 0.856. The fraction of sp³-hybridized carbons (Fsp3) is 0.727. The first-order valence-corrected chi connectivity index (χ1v) is 5.45. The molecular formula is C11H20N2O2.